The number of pyridine rings is 1. The number of hydrogen-bond acceptors (Lipinski definition) is 6. The Bertz CT molecular complexity index is 2010. The molecule has 1 amide bonds. The van der Waals surface area contributed by atoms with Gasteiger partial charge < -0.3 is 4.90 Å². The predicted octanol–water partition coefficient (Wildman–Crippen LogP) is 5.04. The Morgan fingerprint density at radius 1 is 0.889 bits per heavy atom. The summed E-state index contributed by atoms with van der Waals surface area (Å²) in [5.41, 5.74) is 2.71. The lowest BCUT2D eigenvalue weighted by Crippen LogP contribution is -2.50. The van der Waals surface area contributed by atoms with Crippen LogP contribution in [0.2, 0.25) is 10.0 Å². The maximum Gasteiger partial charge on any atom is 0.273 e. The van der Waals surface area contributed by atoms with Gasteiger partial charge in [0.1, 0.15) is 10.7 Å². The van der Waals surface area contributed by atoms with Crippen molar-refractivity contribution >= 4 is 52.1 Å². The summed E-state index contributed by atoms with van der Waals surface area (Å²) in [4.78, 5) is 36.2. The first-order valence-corrected chi connectivity index (χ1v) is 15.9. The van der Waals surface area contributed by atoms with Crippen LogP contribution in [-0.4, -0.2) is 51.4 Å². The Morgan fingerprint density at radius 3 is 2.11 bits per heavy atom. The molecule has 1 aliphatic rings. The molecule has 0 saturated carbocycles. The average molecular weight is 653 g/mol. The van der Waals surface area contributed by atoms with Crippen molar-refractivity contribution in [3.05, 3.63) is 150 Å². The number of thiazole rings is 1. The van der Waals surface area contributed by atoms with E-state index in [-0.39, 0.29) is 21.3 Å². The first kappa shape index (κ1) is 30.5. The standard InChI is InChI=1S/C35H27Cl2N5O2S/c36-26-14-15-30(29(37)21-26)42-34(44)31(22-27-13-7-8-16-39-27)45-35(42)28(23-38)33(43)41-19-17-40(18-20-41)32(24-9-3-1-4-10-24)25-11-5-2-6-12-25/h1-16,21-22,32H,17-20H2/b31-22-,35-28-. The third-order valence-corrected chi connectivity index (χ3v) is 9.31. The molecule has 0 bridgehead atoms. The first-order valence-electron chi connectivity index (χ1n) is 14.3. The van der Waals surface area contributed by atoms with E-state index in [0.717, 1.165) is 11.3 Å². The minimum absolute atomic E-state index is 0.0308. The van der Waals surface area contributed by atoms with Gasteiger partial charge in [0.2, 0.25) is 0 Å². The van der Waals surface area contributed by atoms with Crippen molar-refractivity contribution in [2.45, 2.75) is 6.04 Å². The molecule has 7 nitrogen and oxygen atoms in total. The molecule has 1 saturated heterocycles. The molecule has 2 aromatic heterocycles. The molecule has 3 heterocycles. The monoisotopic (exact) mass is 651 g/mol. The largest absolute Gasteiger partial charge is 0.335 e. The summed E-state index contributed by atoms with van der Waals surface area (Å²) in [6.07, 6.45) is 3.27. The van der Waals surface area contributed by atoms with E-state index in [9.17, 15) is 14.9 Å². The van der Waals surface area contributed by atoms with Gasteiger partial charge >= 0.3 is 0 Å². The number of benzene rings is 3. The molecule has 0 spiro atoms. The second-order valence-corrected chi connectivity index (χ2v) is 12.3. The third-order valence-electron chi connectivity index (χ3n) is 7.68. The van der Waals surface area contributed by atoms with Crippen molar-refractivity contribution in [1.82, 2.24) is 19.4 Å². The molecule has 1 fully saturated rings. The Morgan fingerprint density at radius 2 is 1.53 bits per heavy atom. The van der Waals surface area contributed by atoms with Gasteiger partial charge in [-0.2, -0.15) is 5.26 Å². The topological polar surface area (TPSA) is 82.2 Å². The van der Waals surface area contributed by atoms with Gasteiger partial charge in [-0.25, -0.2) is 0 Å². The lowest BCUT2D eigenvalue weighted by molar-refractivity contribution is -0.126. The molecule has 0 unspecified atom stereocenters. The van der Waals surface area contributed by atoms with Gasteiger partial charge in [-0.15, -0.1) is 11.3 Å². The highest BCUT2D eigenvalue weighted by Crippen LogP contribution is 2.30. The smallest absolute Gasteiger partial charge is 0.273 e. The number of carbonyl (C=O) groups excluding carboxylic acids is 1. The zero-order valence-corrected chi connectivity index (χ0v) is 26.3. The lowest BCUT2D eigenvalue weighted by atomic mass is 9.96. The number of aromatic nitrogens is 2. The Balaban J connectivity index is 1.38. The number of hydrogen-bond donors (Lipinski definition) is 0. The number of nitriles is 1. The molecule has 10 heteroatoms. The minimum Gasteiger partial charge on any atom is -0.335 e. The molecule has 6 rings (SSSR count). The number of nitrogens with zero attached hydrogens (tertiary/aromatic N) is 5. The molecule has 0 N–H and O–H groups in total. The number of carbonyl (C=O) groups is 1. The van der Waals surface area contributed by atoms with E-state index in [2.05, 4.69) is 40.2 Å². The van der Waals surface area contributed by atoms with Crippen LogP contribution in [0.4, 0.5) is 0 Å². The summed E-state index contributed by atoms with van der Waals surface area (Å²) in [6.45, 7) is 2.06. The molecule has 5 aromatic rings. The fraction of sp³-hybridized carbons (Fsp3) is 0.143. The Hall–Kier alpha value is -4.52. The van der Waals surface area contributed by atoms with Crippen molar-refractivity contribution in [1.29, 1.82) is 5.26 Å². The van der Waals surface area contributed by atoms with Gasteiger partial charge in [-0.1, -0.05) is 89.9 Å². The van der Waals surface area contributed by atoms with E-state index in [1.54, 1.807) is 41.4 Å². The molecule has 3 aromatic carbocycles. The summed E-state index contributed by atoms with van der Waals surface area (Å²) in [7, 11) is 0. The first-order chi connectivity index (χ1) is 21.9. The molecule has 0 radical (unpaired) electrons. The molecule has 45 heavy (non-hydrogen) atoms. The van der Waals surface area contributed by atoms with Gasteiger partial charge in [0.15, 0.2) is 5.57 Å². The van der Waals surface area contributed by atoms with Gasteiger partial charge in [0.25, 0.3) is 11.5 Å². The molecule has 224 valence electrons. The number of halogens is 2. The summed E-state index contributed by atoms with van der Waals surface area (Å²) in [5.74, 6) is -0.433. The summed E-state index contributed by atoms with van der Waals surface area (Å²) >= 11 is 13.7. The van der Waals surface area contributed by atoms with Crippen molar-refractivity contribution in [2.24, 2.45) is 0 Å². The predicted molar refractivity (Wildman–Crippen MR) is 179 cm³/mol. The number of amides is 1. The highest BCUT2D eigenvalue weighted by atomic mass is 35.5. The van der Waals surface area contributed by atoms with Crippen molar-refractivity contribution in [3.8, 4) is 11.8 Å². The van der Waals surface area contributed by atoms with E-state index in [1.807, 2.05) is 42.5 Å². The summed E-state index contributed by atoms with van der Waals surface area (Å²) in [6, 6.07) is 32.9. The molecule has 0 atom stereocenters. The summed E-state index contributed by atoms with van der Waals surface area (Å²) in [5, 5.41) is 11.0. The van der Waals surface area contributed by atoms with Gasteiger partial charge in [0.05, 0.1) is 27.0 Å². The molecular formula is C35H27Cl2N5O2S. The molecule has 1 aliphatic heterocycles. The lowest BCUT2D eigenvalue weighted by Gasteiger charge is -2.39. The van der Waals surface area contributed by atoms with E-state index in [4.69, 9.17) is 23.2 Å². The van der Waals surface area contributed by atoms with Crippen molar-refractivity contribution in [3.63, 3.8) is 0 Å². The van der Waals surface area contributed by atoms with E-state index in [1.165, 1.54) is 21.8 Å². The van der Waals surface area contributed by atoms with Gasteiger partial charge in [0, 0.05) is 37.4 Å². The van der Waals surface area contributed by atoms with Crippen molar-refractivity contribution < 1.29 is 4.79 Å². The average Bonchev–Trinajstić information content (AvgIpc) is 3.37. The normalized spacial score (nSPS) is 14.8. The molecular weight excluding hydrogens is 625 g/mol. The summed E-state index contributed by atoms with van der Waals surface area (Å²) < 4.78 is 1.84. The minimum atomic E-state index is -0.433. The van der Waals surface area contributed by atoms with E-state index in [0.29, 0.717) is 47.1 Å². The fourth-order valence-electron chi connectivity index (χ4n) is 5.54. The van der Waals surface area contributed by atoms with E-state index >= 15 is 0 Å². The number of piperazine rings is 1. The second-order valence-electron chi connectivity index (χ2n) is 10.4. The fourth-order valence-corrected chi connectivity index (χ4v) is 7.11. The highest BCUT2D eigenvalue weighted by molar-refractivity contribution is 7.07. The van der Waals surface area contributed by atoms with E-state index < -0.39 is 11.5 Å². The van der Waals surface area contributed by atoms with Crippen LogP contribution >= 0.6 is 34.5 Å². The maximum absolute atomic E-state index is 14.0. The van der Waals surface area contributed by atoms with Crippen LogP contribution in [0.5, 0.6) is 0 Å². The van der Waals surface area contributed by atoms with Crippen molar-refractivity contribution in [2.75, 3.05) is 26.2 Å². The Labute approximate surface area is 274 Å². The second kappa shape index (κ2) is 13.6. The quantitative estimate of drug-likeness (QED) is 0.257. The number of rotatable bonds is 6. The molecule has 0 aliphatic carbocycles. The van der Waals surface area contributed by atoms with Crippen LogP contribution in [0.3, 0.4) is 0 Å². The SMILES string of the molecule is N#C/C(C(=O)N1CCN(C(c2ccccc2)c2ccccc2)CC1)=c1/s/c(=C\c2ccccn2)c(=O)n1-c1ccc(Cl)cc1Cl. The van der Waals surface area contributed by atoms with Gasteiger partial charge in [-0.05, 0) is 47.5 Å². The van der Waals surface area contributed by atoms with Crippen LogP contribution in [0.25, 0.3) is 17.3 Å². The Kier molecular flexibility index (Phi) is 9.24. The van der Waals surface area contributed by atoms with Crippen LogP contribution < -0.4 is 14.8 Å². The maximum atomic E-state index is 14.0. The van der Waals surface area contributed by atoms with Gasteiger partial charge in [-0.3, -0.25) is 24.0 Å². The van der Waals surface area contributed by atoms with Crippen LogP contribution in [0.1, 0.15) is 22.9 Å². The zero-order chi connectivity index (χ0) is 31.3. The third kappa shape index (κ3) is 6.48. The van der Waals surface area contributed by atoms with Crippen LogP contribution in [0.15, 0.2) is 108 Å². The van der Waals surface area contributed by atoms with Crippen LogP contribution in [0, 0.1) is 11.3 Å². The zero-order valence-electron chi connectivity index (χ0n) is 24.0. The highest BCUT2D eigenvalue weighted by Gasteiger charge is 2.30. The van der Waals surface area contributed by atoms with Crippen LogP contribution in [-0.2, 0) is 4.79 Å².